The lowest BCUT2D eigenvalue weighted by molar-refractivity contribution is -0.121. The van der Waals surface area contributed by atoms with E-state index in [-0.39, 0.29) is 53.9 Å². The van der Waals surface area contributed by atoms with E-state index in [1.807, 2.05) is 0 Å². The van der Waals surface area contributed by atoms with E-state index in [1.165, 1.54) is 30.7 Å². The summed E-state index contributed by atoms with van der Waals surface area (Å²) in [6.07, 6.45) is 3.32. The average molecular weight is 493 g/mol. The van der Waals surface area contributed by atoms with E-state index in [1.54, 1.807) is 24.5 Å². The lowest BCUT2D eigenvalue weighted by Crippen LogP contribution is -2.40. The molecule has 184 valence electrons. The summed E-state index contributed by atoms with van der Waals surface area (Å²) in [4.78, 5) is 28.8. The minimum atomic E-state index is -3.87. The fourth-order valence-electron chi connectivity index (χ4n) is 3.37. The maximum atomic E-state index is 13.1. The summed E-state index contributed by atoms with van der Waals surface area (Å²) in [5.74, 6) is -0.624. The monoisotopic (exact) mass is 492 g/mol. The molecule has 0 spiro atoms. The van der Waals surface area contributed by atoms with Gasteiger partial charge in [0.25, 0.3) is 5.91 Å². The lowest BCUT2D eigenvalue weighted by atomic mass is 10.1. The zero-order valence-corrected chi connectivity index (χ0v) is 19.9. The van der Waals surface area contributed by atoms with Crippen LogP contribution in [0.15, 0.2) is 41.6 Å². The first kappa shape index (κ1) is 25.4. The van der Waals surface area contributed by atoms with E-state index in [2.05, 4.69) is 15.6 Å². The number of rotatable bonds is 10. The molecule has 0 unspecified atom stereocenters. The van der Waals surface area contributed by atoms with Crippen LogP contribution in [-0.2, 0) is 26.1 Å². The summed E-state index contributed by atoms with van der Waals surface area (Å²) in [6.45, 7) is 1.42. The van der Waals surface area contributed by atoms with Crippen LogP contribution in [0, 0.1) is 0 Å². The number of benzene rings is 1. The number of amides is 2. The van der Waals surface area contributed by atoms with E-state index in [0.717, 1.165) is 5.56 Å². The van der Waals surface area contributed by atoms with Crippen LogP contribution in [0.5, 0.6) is 11.5 Å². The number of ether oxygens (including phenoxy) is 3. The molecule has 11 nitrogen and oxygen atoms in total. The van der Waals surface area contributed by atoms with Crippen molar-refractivity contribution < 1.29 is 32.2 Å². The van der Waals surface area contributed by atoms with Crippen molar-refractivity contribution in [1.82, 2.24) is 19.9 Å². The number of pyridine rings is 1. The van der Waals surface area contributed by atoms with Gasteiger partial charge in [0.05, 0.1) is 37.9 Å². The fourth-order valence-corrected chi connectivity index (χ4v) is 4.82. The van der Waals surface area contributed by atoms with Crippen molar-refractivity contribution in [2.24, 2.45) is 0 Å². The van der Waals surface area contributed by atoms with E-state index in [0.29, 0.717) is 19.8 Å². The van der Waals surface area contributed by atoms with Crippen LogP contribution in [0.2, 0.25) is 0 Å². The molecule has 1 aromatic carbocycles. The van der Waals surface area contributed by atoms with Gasteiger partial charge in [-0.05, 0) is 23.8 Å². The number of nitrogens with one attached hydrogen (secondary N) is 2. The highest BCUT2D eigenvalue weighted by molar-refractivity contribution is 7.89. The maximum Gasteiger partial charge on any atom is 0.255 e. The number of sulfonamides is 1. The number of nitrogens with zero attached hydrogens (tertiary/aromatic N) is 2. The maximum absolute atomic E-state index is 13.1. The molecule has 12 heteroatoms. The Bertz CT molecular complexity index is 1100. The molecule has 2 N–H and O–H groups in total. The summed E-state index contributed by atoms with van der Waals surface area (Å²) in [5.41, 5.74) is 0.897. The number of carbonyl (C=O) groups is 2. The first-order valence-electron chi connectivity index (χ1n) is 10.6. The number of methoxy groups -OCH3 is 2. The molecule has 2 heterocycles. The van der Waals surface area contributed by atoms with Gasteiger partial charge in [-0.3, -0.25) is 14.6 Å². The molecule has 1 aliphatic rings. The predicted octanol–water partition coefficient (Wildman–Crippen LogP) is 0.556. The zero-order valence-electron chi connectivity index (χ0n) is 19.1. The first-order valence-corrected chi connectivity index (χ1v) is 12.1. The molecule has 1 fully saturated rings. The quantitative estimate of drug-likeness (QED) is 0.491. The molecule has 0 bridgehead atoms. The molecule has 0 aliphatic carbocycles. The van der Waals surface area contributed by atoms with Gasteiger partial charge in [0.15, 0.2) is 11.5 Å². The van der Waals surface area contributed by atoms with Gasteiger partial charge in [-0.2, -0.15) is 4.31 Å². The highest BCUT2D eigenvalue weighted by atomic mass is 32.2. The van der Waals surface area contributed by atoms with Gasteiger partial charge in [-0.25, -0.2) is 8.42 Å². The number of morpholine rings is 1. The van der Waals surface area contributed by atoms with E-state index < -0.39 is 15.9 Å². The Hall–Kier alpha value is -3.22. The summed E-state index contributed by atoms with van der Waals surface area (Å²) in [6, 6.07) is 6.16. The number of aromatic nitrogens is 1. The third-order valence-electron chi connectivity index (χ3n) is 5.18. The average Bonchev–Trinajstić information content (AvgIpc) is 2.87. The largest absolute Gasteiger partial charge is 0.493 e. The second kappa shape index (κ2) is 11.8. The third kappa shape index (κ3) is 6.22. The lowest BCUT2D eigenvalue weighted by Gasteiger charge is -2.26. The van der Waals surface area contributed by atoms with Crippen LogP contribution in [0.25, 0.3) is 0 Å². The molecular weight excluding hydrogens is 464 g/mol. The zero-order chi connectivity index (χ0) is 24.6. The molecule has 3 rings (SSSR count). The van der Waals surface area contributed by atoms with E-state index >= 15 is 0 Å². The molecule has 2 amide bonds. The summed E-state index contributed by atoms with van der Waals surface area (Å²) in [5, 5.41) is 5.40. The van der Waals surface area contributed by atoms with Crippen molar-refractivity contribution in [3.63, 3.8) is 0 Å². The molecule has 0 atom stereocenters. The van der Waals surface area contributed by atoms with E-state index in [9.17, 15) is 18.0 Å². The molecule has 2 aromatic rings. The van der Waals surface area contributed by atoms with Crippen LogP contribution in [0.3, 0.4) is 0 Å². The predicted molar refractivity (Wildman–Crippen MR) is 122 cm³/mol. The van der Waals surface area contributed by atoms with Crippen molar-refractivity contribution in [2.45, 2.75) is 17.9 Å². The molecule has 0 radical (unpaired) electrons. The van der Waals surface area contributed by atoms with E-state index in [4.69, 9.17) is 14.2 Å². The Kier molecular flexibility index (Phi) is 8.79. The van der Waals surface area contributed by atoms with Gasteiger partial charge in [0.1, 0.15) is 0 Å². The number of carbonyl (C=O) groups excluding carboxylic acids is 2. The standard InChI is InChI=1S/C22H28N4O7S/c1-31-19-14-17(34(29,30)26-9-11-33-12-10-26)13-18(21(19)32-2)22(28)24-8-5-20(27)25-15-16-3-6-23-7-4-16/h3-4,6-7,13-14H,5,8-12,15H2,1-2H3,(H,24,28)(H,25,27). The Morgan fingerprint density at radius 1 is 1.09 bits per heavy atom. The second-order valence-electron chi connectivity index (χ2n) is 7.36. The Balaban J connectivity index is 1.69. The summed E-state index contributed by atoms with van der Waals surface area (Å²) < 4.78 is 43.3. The summed E-state index contributed by atoms with van der Waals surface area (Å²) >= 11 is 0. The normalized spacial score (nSPS) is 14.3. The highest BCUT2D eigenvalue weighted by Gasteiger charge is 2.30. The van der Waals surface area contributed by atoms with Gasteiger partial charge in [0.2, 0.25) is 15.9 Å². The van der Waals surface area contributed by atoms with Crippen LogP contribution in [0.1, 0.15) is 22.3 Å². The van der Waals surface area contributed by atoms with Crippen LogP contribution >= 0.6 is 0 Å². The van der Waals surface area contributed by atoms with Crippen LogP contribution in [-0.4, -0.2) is 76.6 Å². The second-order valence-corrected chi connectivity index (χ2v) is 9.30. The third-order valence-corrected chi connectivity index (χ3v) is 7.06. The fraction of sp³-hybridized carbons (Fsp3) is 0.409. The Labute approximate surface area is 198 Å². The smallest absolute Gasteiger partial charge is 0.255 e. The highest BCUT2D eigenvalue weighted by Crippen LogP contribution is 2.35. The molecule has 1 aromatic heterocycles. The molecule has 34 heavy (non-hydrogen) atoms. The Morgan fingerprint density at radius 2 is 1.79 bits per heavy atom. The first-order chi connectivity index (χ1) is 16.4. The number of hydrogen-bond donors (Lipinski definition) is 2. The van der Waals surface area contributed by atoms with Gasteiger partial charge < -0.3 is 24.8 Å². The SMILES string of the molecule is COc1cc(S(=O)(=O)N2CCOCC2)cc(C(=O)NCCC(=O)NCc2ccncc2)c1OC. The number of hydrogen-bond acceptors (Lipinski definition) is 8. The minimum absolute atomic E-state index is 0.00845. The van der Waals surface area contributed by atoms with Gasteiger partial charge in [-0.1, -0.05) is 0 Å². The van der Waals surface area contributed by atoms with Gasteiger partial charge >= 0.3 is 0 Å². The molecule has 0 saturated carbocycles. The van der Waals surface area contributed by atoms with Crippen molar-refractivity contribution in [2.75, 3.05) is 47.1 Å². The van der Waals surface area contributed by atoms with Gasteiger partial charge in [-0.15, -0.1) is 0 Å². The molecule has 1 aliphatic heterocycles. The van der Waals surface area contributed by atoms with Gasteiger partial charge in [0, 0.05) is 51.1 Å². The molecular formula is C22H28N4O7S. The van der Waals surface area contributed by atoms with Crippen LogP contribution in [0.4, 0.5) is 0 Å². The topological polar surface area (TPSA) is 136 Å². The molecule has 1 saturated heterocycles. The summed E-state index contributed by atoms with van der Waals surface area (Å²) in [7, 11) is -1.16. The van der Waals surface area contributed by atoms with Crippen molar-refractivity contribution in [1.29, 1.82) is 0 Å². The van der Waals surface area contributed by atoms with Crippen molar-refractivity contribution in [3.05, 3.63) is 47.8 Å². The van der Waals surface area contributed by atoms with Crippen LogP contribution < -0.4 is 20.1 Å². The Morgan fingerprint density at radius 3 is 2.44 bits per heavy atom. The van der Waals surface area contributed by atoms with Crippen molar-refractivity contribution >= 4 is 21.8 Å². The van der Waals surface area contributed by atoms with Crippen molar-refractivity contribution in [3.8, 4) is 11.5 Å². The minimum Gasteiger partial charge on any atom is -0.493 e.